The van der Waals surface area contributed by atoms with E-state index >= 15 is 0 Å². The van der Waals surface area contributed by atoms with Gasteiger partial charge in [0, 0.05) is 62.8 Å². The first kappa shape index (κ1) is 17.3. The highest BCUT2D eigenvalue weighted by atomic mass is 32.2. The van der Waals surface area contributed by atoms with Crippen molar-refractivity contribution < 1.29 is 8.42 Å². The summed E-state index contributed by atoms with van der Waals surface area (Å²) in [5.74, 6) is 1.72. The van der Waals surface area contributed by atoms with E-state index in [-0.39, 0.29) is 5.75 Å². The number of pyridine rings is 1. The number of aromatic nitrogens is 3. The van der Waals surface area contributed by atoms with Crippen LogP contribution in [0.3, 0.4) is 0 Å². The van der Waals surface area contributed by atoms with Crippen molar-refractivity contribution in [3.63, 3.8) is 0 Å². The van der Waals surface area contributed by atoms with Gasteiger partial charge >= 0.3 is 0 Å². The Morgan fingerprint density at radius 3 is 2.65 bits per heavy atom. The van der Waals surface area contributed by atoms with Crippen LogP contribution in [0.5, 0.6) is 0 Å². The maximum Gasteiger partial charge on any atom is 0.213 e. The molecule has 0 bridgehead atoms. The lowest BCUT2D eigenvalue weighted by molar-refractivity contribution is 0.384. The van der Waals surface area contributed by atoms with Crippen LogP contribution in [0.15, 0.2) is 24.5 Å². The lowest BCUT2D eigenvalue weighted by Crippen LogP contribution is -2.49. The molecule has 1 N–H and O–H groups in total. The van der Waals surface area contributed by atoms with Crippen molar-refractivity contribution in [3.8, 4) is 11.4 Å². The van der Waals surface area contributed by atoms with E-state index < -0.39 is 10.0 Å². The summed E-state index contributed by atoms with van der Waals surface area (Å²) in [5, 5.41) is 3.34. The van der Waals surface area contributed by atoms with Crippen LogP contribution in [-0.4, -0.2) is 59.6 Å². The largest absolute Gasteiger partial charge is 0.354 e. The minimum absolute atomic E-state index is 0.144. The molecule has 9 heteroatoms. The summed E-state index contributed by atoms with van der Waals surface area (Å²) in [4.78, 5) is 15.8. The van der Waals surface area contributed by atoms with Gasteiger partial charge in [-0.05, 0) is 19.1 Å². The molecule has 0 unspecified atom stereocenters. The van der Waals surface area contributed by atoms with Crippen LogP contribution < -0.4 is 10.2 Å². The summed E-state index contributed by atoms with van der Waals surface area (Å²) >= 11 is 0. The van der Waals surface area contributed by atoms with Crippen LogP contribution >= 0.6 is 0 Å². The smallest absolute Gasteiger partial charge is 0.213 e. The first-order valence-electron chi connectivity index (χ1n) is 8.82. The lowest BCUT2D eigenvalue weighted by atomic mass is 10.2. The minimum Gasteiger partial charge on any atom is -0.354 e. The van der Waals surface area contributed by atoms with Crippen molar-refractivity contribution in [1.82, 2.24) is 24.6 Å². The number of rotatable bonds is 4. The first-order valence-corrected chi connectivity index (χ1v) is 10.4. The quantitative estimate of drug-likeness (QED) is 0.838. The van der Waals surface area contributed by atoms with Crippen LogP contribution in [0.1, 0.15) is 18.2 Å². The molecule has 0 aromatic carbocycles. The number of anilines is 1. The zero-order valence-electron chi connectivity index (χ0n) is 14.7. The van der Waals surface area contributed by atoms with Crippen LogP contribution in [0.25, 0.3) is 11.4 Å². The van der Waals surface area contributed by atoms with Gasteiger partial charge < -0.3 is 10.2 Å². The van der Waals surface area contributed by atoms with Gasteiger partial charge in [-0.1, -0.05) is 0 Å². The number of fused-ring (bicyclic) bond motifs is 1. The topological polar surface area (TPSA) is 91.3 Å². The maximum atomic E-state index is 12.1. The molecule has 4 rings (SSSR count). The predicted octanol–water partition coefficient (Wildman–Crippen LogP) is 0.614. The van der Waals surface area contributed by atoms with Gasteiger partial charge in [0.05, 0.1) is 11.4 Å². The summed E-state index contributed by atoms with van der Waals surface area (Å²) in [6, 6.07) is 3.82. The molecule has 2 aliphatic rings. The normalized spacial score (nSPS) is 18.1. The van der Waals surface area contributed by atoms with E-state index in [4.69, 9.17) is 9.97 Å². The molecule has 2 aromatic heterocycles. The van der Waals surface area contributed by atoms with Gasteiger partial charge in [-0.25, -0.2) is 18.4 Å². The molecule has 26 heavy (non-hydrogen) atoms. The van der Waals surface area contributed by atoms with Crippen molar-refractivity contribution in [2.75, 3.05) is 36.8 Å². The molecule has 1 saturated heterocycles. The third-order valence-corrected chi connectivity index (χ3v) is 6.76. The highest BCUT2D eigenvalue weighted by molar-refractivity contribution is 7.89. The van der Waals surface area contributed by atoms with E-state index in [1.54, 1.807) is 23.6 Å². The Morgan fingerprint density at radius 2 is 1.96 bits per heavy atom. The van der Waals surface area contributed by atoms with Gasteiger partial charge in [0.1, 0.15) is 5.82 Å². The zero-order valence-corrected chi connectivity index (χ0v) is 15.5. The molecule has 1 fully saturated rings. The Labute approximate surface area is 153 Å². The van der Waals surface area contributed by atoms with Crippen LogP contribution in [0, 0.1) is 0 Å². The minimum atomic E-state index is -3.14. The molecular formula is C17H22N6O2S. The predicted molar refractivity (Wildman–Crippen MR) is 99.1 cm³/mol. The third kappa shape index (κ3) is 3.17. The molecule has 0 amide bonds. The van der Waals surface area contributed by atoms with E-state index in [2.05, 4.69) is 15.2 Å². The standard InChI is InChI=1S/C17H22N6O2S/c1-2-26(24,25)23-8-6-22(7-9-23)17-14-11-19-12-15(14)20-16(21-17)13-4-3-5-18-10-13/h3-5,10,19H,2,6-9,11-12H2,1H3. The Balaban J connectivity index is 1.64. The van der Waals surface area contributed by atoms with Gasteiger partial charge in [-0.3, -0.25) is 4.98 Å². The van der Waals surface area contributed by atoms with Gasteiger partial charge in [-0.2, -0.15) is 4.31 Å². The van der Waals surface area contributed by atoms with Crippen LogP contribution in [0.2, 0.25) is 0 Å². The Bertz CT molecular complexity index is 895. The Hall–Kier alpha value is -2.10. The van der Waals surface area contributed by atoms with Gasteiger partial charge in [0.2, 0.25) is 10.0 Å². The molecule has 2 aromatic rings. The number of nitrogens with one attached hydrogen (secondary N) is 1. The van der Waals surface area contributed by atoms with Gasteiger partial charge in [0.15, 0.2) is 5.82 Å². The third-order valence-electron chi connectivity index (χ3n) is 4.88. The fourth-order valence-electron chi connectivity index (χ4n) is 3.40. The molecule has 0 saturated carbocycles. The lowest BCUT2D eigenvalue weighted by Gasteiger charge is -2.35. The number of nitrogens with zero attached hydrogens (tertiary/aromatic N) is 5. The van der Waals surface area contributed by atoms with Crippen molar-refractivity contribution in [1.29, 1.82) is 0 Å². The van der Waals surface area contributed by atoms with Crippen LogP contribution in [-0.2, 0) is 23.1 Å². The molecule has 8 nitrogen and oxygen atoms in total. The van der Waals surface area contributed by atoms with Crippen molar-refractivity contribution in [2.24, 2.45) is 0 Å². The van der Waals surface area contributed by atoms with Gasteiger partial charge in [0.25, 0.3) is 0 Å². The van der Waals surface area contributed by atoms with E-state index in [1.165, 1.54) is 0 Å². The van der Waals surface area contributed by atoms with E-state index in [9.17, 15) is 8.42 Å². The fourth-order valence-corrected chi connectivity index (χ4v) is 4.48. The average molecular weight is 374 g/mol. The molecular weight excluding hydrogens is 352 g/mol. The molecule has 0 atom stereocenters. The molecule has 0 radical (unpaired) electrons. The first-order chi connectivity index (χ1) is 12.6. The van der Waals surface area contributed by atoms with E-state index in [0.29, 0.717) is 32.0 Å². The van der Waals surface area contributed by atoms with Crippen molar-refractivity contribution >= 4 is 15.8 Å². The van der Waals surface area contributed by atoms with E-state index in [0.717, 1.165) is 35.7 Å². The summed E-state index contributed by atoms with van der Waals surface area (Å²) < 4.78 is 25.8. The Kier molecular flexibility index (Phi) is 4.60. The SMILES string of the molecule is CCS(=O)(=O)N1CCN(c2nc(-c3cccnc3)nc3c2CNC3)CC1. The number of piperazine rings is 1. The zero-order chi connectivity index (χ0) is 18.1. The number of hydrogen-bond acceptors (Lipinski definition) is 7. The summed E-state index contributed by atoms with van der Waals surface area (Å²) in [5.41, 5.74) is 3.01. The molecule has 2 aliphatic heterocycles. The highest BCUT2D eigenvalue weighted by Gasteiger charge is 2.29. The van der Waals surface area contributed by atoms with Gasteiger partial charge in [-0.15, -0.1) is 0 Å². The number of hydrogen-bond donors (Lipinski definition) is 1. The molecule has 0 aliphatic carbocycles. The second-order valence-electron chi connectivity index (χ2n) is 6.43. The van der Waals surface area contributed by atoms with Crippen molar-refractivity contribution in [3.05, 3.63) is 35.8 Å². The van der Waals surface area contributed by atoms with Crippen LogP contribution in [0.4, 0.5) is 5.82 Å². The highest BCUT2D eigenvalue weighted by Crippen LogP contribution is 2.28. The maximum absolute atomic E-state index is 12.1. The Morgan fingerprint density at radius 1 is 1.15 bits per heavy atom. The van der Waals surface area contributed by atoms with Crippen molar-refractivity contribution in [2.45, 2.75) is 20.0 Å². The average Bonchev–Trinajstić information content (AvgIpc) is 3.17. The second-order valence-corrected chi connectivity index (χ2v) is 8.69. The summed E-state index contributed by atoms with van der Waals surface area (Å²) in [6.45, 7) is 5.40. The monoisotopic (exact) mass is 374 g/mol. The molecule has 4 heterocycles. The summed E-state index contributed by atoms with van der Waals surface area (Å²) in [6.07, 6.45) is 3.49. The van der Waals surface area contributed by atoms with E-state index in [1.807, 2.05) is 12.1 Å². The summed E-state index contributed by atoms with van der Waals surface area (Å²) in [7, 11) is -3.14. The molecule has 138 valence electrons. The fraction of sp³-hybridized carbons (Fsp3) is 0.471. The number of sulfonamides is 1. The second kappa shape index (κ2) is 6.90. The molecule has 0 spiro atoms.